The molecule has 19 heavy (non-hydrogen) atoms. The maximum atomic E-state index is 12.2. The quantitative estimate of drug-likeness (QED) is 0.886. The molecule has 4 nitrogen and oxygen atoms in total. The molecular weight excluding hydrogens is 260 g/mol. The van der Waals surface area contributed by atoms with Crippen molar-refractivity contribution in [3.63, 3.8) is 0 Å². The summed E-state index contributed by atoms with van der Waals surface area (Å²) in [5.41, 5.74) is 1.17. The Hall–Kier alpha value is -0.910. The molecule has 0 spiro atoms. The monoisotopic (exact) mass is 282 g/mol. The second-order valence-electron chi connectivity index (χ2n) is 6.09. The molecule has 0 radical (unpaired) electrons. The van der Waals surface area contributed by atoms with Gasteiger partial charge >= 0.3 is 0 Å². The molecule has 0 aromatic heterocycles. The predicted octanol–water partition coefficient (Wildman–Crippen LogP) is 1.62. The van der Waals surface area contributed by atoms with Crippen LogP contribution in [-0.2, 0) is 15.4 Å². The molecule has 0 unspecified atom stereocenters. The molecule has 0 bridgehead atoms. The molecule has 2 N–H and O–H groups in total. The minimum absolute atomic E-state index is 0.00675. The van der Waals surface area contributed by atoms with E-state index in [1.54, 1.807) is 12.1 Å². The third-order valence-corrected chi connectivity index (χ3v) is 4.95. The molecule has 1 heterocycles. The molecule has 0 amide bonds. The van der Waals surface area contributed by atoms with Crippen LogP contribution in [0.1, 0.15) is 32.8 Å². The van der Waals surface area contributed by atoms with Crippen molar-refractivity contribution in [2.24, 2.45) is 0 Å². The van der Waals surface area contributed by atoms with Crippen LogP contribution in [0, 0.1) is 0 Å². The van der Waals surface area contributed by atoms with Gasteiger partial charge in [0.2, 0.25) is 10.0 Å². The van der Waals surface area contributed by atoms with Crippen LogP contribution >= 0.6 is 0 Å². The minimum Gasteiger partial charge on any atom is -0.315 e. The average Bonchev–Trinajstić information content (AvgIpc) is 2.80. The fourth-order valence-corrected chi connectivity index (χ4v) is 3.45. The Morgan fingerprint density at radius 1 is 1.21 bits per heavy atom. The third-order valence-electron chi connectivity index (χ3n) is 3.41. The van der Waals surface area contributed by atoms with E-state index < -0.39 is 10.0 Å². The highest BCUT2D eigenvalue weighted by Crippen LogP contribution is 2.23. The molecule has 2 rings (SSSR count). The molecule has 1 aromatic rings. The summed E-state index contributed by atoms with van der Waals surface area (Å²) in [6.45, 7) is 7.91. The van der Waals surface area contributed by atoms with Crippen molar-refractivity contribution < 1.29 is 8.42 Å². The smallest absolute Gasteiger partial charge is 0.240 e. The Labute approximate surface area is 115 Å². The van der Waals surface area contributed by atoms with Gasteiger partial charge in [-0.1, -0.05) is 32.9 Å². The van der Waals surface area contributed by atoms with E-state index in [9.17, 15) is 8.42 Å². The highest BCUT2D eigenvalue weighted by atomic mass is 32.2. The highest BCUT2D eigenvalue weighted by Gasteiger charge is 2.23. The van der Waals surface area contributed by atoms with E-state index in [1.165, 1.54) is 0 Å². The van der Waals surface area contributed by atoms with Crippen LogP contribution in [0.5, 0.6) is 0 Å². The molecule has 1 fully saturated rings. The van der Waals surface area contributed by atoms with Gasteiger partial charge in [0.05, 0.1) is 4.90 Å². The fourth-order valence-electron chi connectivity index (χ4n) is 2.18. The first-order chi connectivity index (χ1) is 8.79. The minimum atomic E-state index is -3.40. The van der Waals surface area contributed by atoms with Crippen LogP contribution in [0.15, 0.2) is 29.2 Å². The SMILES string of the molecule is CC(C)(C)c1ccc(S(=O)(=O)N[C@H]2CCNC2)cc1. The van der Waals surface area contributed by atoms with Gasteiger partial charge in [-0.3, -0.25) is 0 Å². The largest absolute Gasteiger partial charge is 0.315 e. The summed E-state index contributed by atoms with van der Waals surface area (Å²) in [4.78, 5) is 0.340. The Morgan fingerprint density at radius 2 is 1.84 bits per heavy atom. The standard InChI is InChI=1S/C14H22N2O2S/c1-14(2,3)11-4-6-13(7-5-11)19(17,18)16-12-8-9-15-10-12/h4-7,12,15-16H,8-10H2,1-3H3/t12-/m0/s1. The van der Waals surface area contributed by atoms with Gasteiger partial charge in [-0.25, -0.2) is 13.1 Å². The van der Waals surface area contributed by atoms with E-state index in [0.29, 0.717) is 11.4 Å². The second-order valence-corrected chi connectivity index (χ2v) is 7.80. The Balaban J connectivity index is 2.16. The number of rotatable bonds is 3. The summed E-state index contributed by atoms with van der Waals surface area (Å²) >= 11 is 0. The normalized spacial score (nSPS) is 20.7. The first-order valence-electron chi connectivity index (χ1n) is 6.63. The topological polar surface area (TPSA) is 58.2 Å². The lowest BCUT2D eigenvalue weighted by Gasteiger charge is -2.19. The Morgan fingerprint density at radius 3 is 2.32 bits per heavy atom. The molecule has 1 aliphatic heterocycles. The summed E-state index contributed by atoms with van der Waals surface area (Å²) in [7, 11) is -3.40. The van der Waals surface area contributed by atoms with Crippen molar-refractivity contribution in [3.05, 3.63) is 29.8 Å². The van der Waals surface area contributed by atoms with Gasteiger partial charge in [0.15, 0.2) is 0 Å². The number of sulfonamides is 1. The fraction of sp³-hybridized carbons (Fsp3) is 0.571. The van der Waals surface area contributed by atoms with Crippen LogP contribution in [0.4, 0.5) is 0 Å². The summed E-state index contributed by atoms with van der Waals surface area (Å²) in [5.74, 6) is 0. The summed E-state index contributed by atoms with van der Waals surface area (Å²) in [5, 5.41) is 3.15. The summed E-state index contributed by atoms with van der Waals surface area (Å²) in [6.07, 6.45) is 0.847. The van der Waals surface area contributed by atoms with Crippen molar-refractivity contribution in [2.45, 2.75) is 43.5 Å². The van der Waals surface area contributed by atoms with Gasteiger partial charge < -0.3 is 5.32 Å². The Kier molecular flexibility index (Phi) is 3.99. The van der Waals surface area contributed by atoms with E-state index in [0.717, 1.165) is 18.5 Å². The first kappa shape index (κ1) is 14.5. The molecule has 106 valence electrons. The molecule has 0 saturated carbocycles. The lowest BCUT2D eigenvalue weighted by molar-refractivity contribution is 0.559. The number of hydrogen-bond acceptors (Lipinski definition) is 3. The van der Waals surface area contributed by atoms with Crippen LogP contribution < -0.4 is 10.0 Å². The molecule has 1 saturated heterocycles. The van der Waals surface area contributed by atoms with Crippen LogP contribution in [0.25, 0.3) is 0 Å². The van der Waals surface area contributed by atoms with Crippen LogP contribution in [-0.4, -0.2) is 27.5 Å². The number of nitrogens with one attached hydrogen (secondary N) is 2. The number of hydrogen-bond donors (Lipinski definition) is 2. The molecule has 0 aliphatic carbocycles. The number of benzene rings is 1. The van der Waals surface area contributed by atoms with Crippen LogP contribution in [0.2, 0.25) is 0 Å². The predicted molar refractivity (Wildman–Crippen MR) is 76.7 cm³/mol. The zero-order valence-corrected chi connectivity index (χ0v) is 12.5. The third kappa shape index (κ3) is 3.55. The van der Waals surface area contributed by atoms with E-state index in [1.807, 2.05) is 12.1 Å². The molecule has 5 heteroatoms. The summed E-state index contributed by atoms with van der Waals surface area (Å²) < 4.78 is 27.2. The lowest BCUT2D eigenvalue weighted by Crippen LogP contribution is -2.36. The summed E-state index contributed by atoms with van der Waals surface area (Å²) in [6, 6.07) is 7.16. The Bertz CT molecular complexity index is 524. The van der Waals surface area contributed by atoms with Crippen molar-refractivity contribution >= 4 is 10.0 Å². The van der Waals surface area contributed by atoms with Crippen molar-refractivity contribution in [2.75, 3.05) is 13.1 Å². The van der Waals surface area contributed by atoms with Crippen molar-refractivity contribution in [1.29, 1.82) is 0 Å². The van der Waals surface area contributed by atoms with Crippen molar-refractivity contribution in [3.8, 4) is 0 Å². The average molecular weight is 282 g/mol. The van der Waals surface area contributed by atoms with E-state index in [2.05, 4.69) is 30.8 Å². The van der Waals surface area contributed by atoms with E-state index >= 15 is 0 Å². The van der Waals surface area contributed by atoms with Gasteiger partial charge in [0, 0.05) is 12.6 Å². The van der Waals surface area contributed by atoms with Gasteiger partial charge in [0.25, 0.3) is 0 Å². The van der Waals surface area contributed by atoms with E-state index in [-0.39, 0.29) is 11.5 Å². The second kappa shape index (κ2) is 5.23. The van der Waals surface area contributed by atoms with E-state index in [4.69, 9.17) is 0 Å². The maximum absolute atomic E-state index is 12.2. The zero-order valence-electron chi connectivity index (χ0n) is 11.7. The lowest BCUT2D eigenvalue weighted by atomic mass is 9.87. The van der Waals surface area contributed by atoms with Gasteiger partial charge in [-0.2, -0.15) is 0 Å². The first-order valence-corrected chi connectivity index (χ1v) is 8.11. The highest BCUT2D eigenvalue weighted by molar-refractivity contribution is 7.89. The molecule has 1 aliphatic rings. The van der Waals surface area contributed by atoms with Gasteiger partial charge in [0.1, 0.15) is 0 Å². The molecular formula is C14H22N2O2S. The zero-order chi connectivity index (χ0) is 14.1. The molecule has 1 aromatic carbocycles. The van der Waals surface area contributed by atoms with Gasteiger partial charge in [-0.15, -0.1) is 0 Å². The van der Waals surface area contributed by atoms with Crippen molar-refractivity contribution in [1.82, 2.24) is 10.0 Å². The molecule has 1 atom stereocenters. The maximum Gasteiger partial charge on any atom is 0.240 e. The van der Waals surface area contributed by atoms with Crippen LogP contribution in [0.3, 0.4) is 0 Å². The van der Waals surface area contributed by atoms with Gasteiger partial charge in [-0.05, 0) is 36.1 Å².